The van der Waals surface area contributed by atoms with Crippen LogP contribution in [0.5, 0.6) is 5.75 Å². The average molecular weight is 380 g/mol. The lowest BCUT2D eigenvalue weighted by molar-refractivity contribution is 0.389. The third-order valence-electron chi connectivity index (χ3n) is 4.16. The van der Waals surface area contributed by atoms with Crippen molar-refractivity contribution in [2.45, 2.75) is 0 Å². The summed E-state index contributed by atoms with van der Waals surface area (Å²) in [6.45, 7) is 3.33. The van der Waals surface area contributed by atoms with E-state index in [2.05, 4.69) is 21.2 Å². The summed E-state index contributed by atoms with van der Waals surface area (Å²) >= 11 is 11.3. The van der Waals surface area contributed by atoms with Crippen molar-refractivity contribution in [3.63, 3.8) is 0 Å². The highest BCUT2D eigenvalue weighted by atomic mass is 35.5. The highest BCUT2D eigenvalue weighted by Gasteiger charge is 2.19. The molecule has 0 saturated carbocycles. The highest BCUT2D eigenvalue weighted by Crippen LogP contribution is 2.23. The molecule has 1 fully saturated rings. The van der Waals surface area contributed by atoms with Gasteiger partial charge in [0.1, 0.15) is 11.6 Å². The number of hydrogen-bond donors (Lipinski definition) is 1. The van der Waals surface area contributed by atoms with Gasteiger partial charge >= 0.3 is 0 Å². The van der Waals surface area contributed by atoms with Crippen LogP contribution in [-0.2, 0) is 0 Å². The van der Waals surface area contributed by atoms with Gasteiger partial charge in [-0.25, -0.2) is 4.39 Å². The number of nitrogens with one attached hydrogen (secondary N) is 1. The molecule has 25 heavy (non-hydrogen) atoms. The molecule has 0 amide bonds. The standard InChI is InChI=1S/C18H19ClFN3OS/c1-24-15-4-2-3-14(12-15)22-7-9-23(10-8-22)18(25)21-13-5-6-17(20)16(19)11-13/h2-6,11-12H,7-10H2,1H3,(H,21,25). The molecule has 1 aliphatic heterocycles. The Morgan fingerprint density at radius 3 is 2.60 bits per heavy atom. The minimum atomic E-state index is -0.440. The van der Waals surface area contributed by atoms with Gasteiger partial charge in [0.05, 0.1) is 12.1 Å². The molecule has 0 radical (unpaired) electrons. The van der Waals surface area contributed by atoms with E-state index >= 15 is 0 Å². The Labute approximate surface area is 157 Å². The molecule has 0 bridgehead atoms. The van der Waals surface area contributed by atoms with Crippen LogP contribution in [-0.4, -0.2) is 43.3 Å². The number of nitrogens with zero attached hydrogens (tertiary/aromatic N) is 2. The molecular weight excluding hydrogens is 361 g/mol. The Morgan fingerprint density at radius 1 is 1.16 bits per heavy atom. The fourth-order valence-corrected chi connectivity index (χ4v) is 3.23. The van der Waals surface area contributed by atoms with Gasteiger partial charge < -0.3 is 19.9 Å². The molecule has 1 heterocycles. The summed E-state index contributed by atoms with van der Waals surface area (Å²) < 4.78 is 18.5. The smallest absolute Gasteiger partial charge is 0.173 e. The van der Waals surface area contributed by atoms with E-state index in [1.165, 1.54) is 12.1 Å². The van der Waals surface area contributed by atoms with E-state index in [9.17, 15) is 4.39 Å². The first kappa shape index (κ1) is 17.8. The molecule has 0 aliphatic carbocycles. The van der Waals surface area contributed by atoms with E-state index in [4.69, 9.17) is 28.6 Å². The lowest BCUT2D eigenvalue weighted by atomic mass is 10.2. The van der Waals surface area contributed by atoms with Gasteiger partial charge in [0.15, 0.2) is 5.11 Å². The van der Waals surface area contributed by atoms with Crippen molar-refractivity contribution >= 4 is 40.3 Å². The number of hydrogen-bond acceptors (Lipinski definition) is 3. The van der Waals surface area contributed by atoms with Crippen LogP contribution in [0.1, 0.15) is 0 Å². The Morgan fingerprint density at radius 2 is 1.92 bits per heavy atom. The molecule has 0 spiro atoms. The van der Waals surface area contributed by atoms with Gasteiger partial charge in [-0.05, 0) is 42.5 Å². The van der Waals surface area contributed by atoms with Crippen molar-refractivity contribution in [1.29, 1.82) is 0 Å². The van der Waals surface area contributed by atoms with Gasteiger partial charge in [0.25, 0.3) is 0 Å². The largest absolute Gasteiger partial charge is 0.497 e. The van der Waals surface area contributed by atoms with Crippen LogP contribution in [0.25, 0.3) is 0 Å². The summed E-state index contributed by atoms with van der Waals surface area (Å²) in [6, 6.07) is 12.5. The van der Waals surface area contributed by atoms with Gasteiger partial charge in [-0.1, -0.05) is 17.7 Å². The first-order valence-corrected chi connectivity index (χ1v) is 8.75. The number of rotatable bonds is 3. The lowest BCUT2D eigenvalue weighted by Crippen LogP contribution is -2.50. The Bertz CT molecular complexity index is 766. The zero-order valence-electron chi connectivity index (χ0n) is 13.8. The molecule has 1 aliphatic rings. The maximum atomic E-state index is 13.2. The summed E-state index contributed by atoms with van der Waals surface area (Å²) in [5, 5.41) is 3.82. The van der Waals surface area contributed by atoms with Crippen LogP contribution in [0.4, 0.5) is 15.8 Å². The van der Waals surface area contributed by atoms with Crippen molar-refractivity contribution in [3.05, 3.63) is 53.3 Å². The van der Waals surface area contributed by atoms with Gasteiger partial charge in [-0.2, -0.15) is 0 Å². The SMILES string of the molecule is COc1cccc(N2CCN(C(=S)Nc3ccc(F)c(Cl)c3)CC2)c1. The molecule has 2 aromatic rings. The number of ether oxygens (including phenoxy) is 1. The fraction of sp³-hybridized carbons (Fsp3) is 0.278. The second-order valence-corrected chi connectivity index (χ2v) is 6.53. The summed E-state index contributed by atoms with van der Waals surface area (Å²) in [4.78, 5) is 4.40. The quantitative estimate of drug-likeness (QED) is 0.813. The van der Waals surface area contributed by atoms with Gasteiger partial charge in [-0.3, -0.25) is 0 Å². The van der Waals surface area contributed by atoms with Crippen LogP contribution in [0.3, 0.4) is 0 Å². The minimum Gasteiger partial charge on any atom is -0.497 e. The third kappa shape index (κ3) is 4.32. The number of thiocarbonyl (C=S) groups is 1. The van der Waals surface area contributed by atoms with Crippen LogP contribution in [0.2, 0.25) is 5.02 Å². The van der Waals surface area contributed by atoms with Crippen LogP contribution < -0.4 is 15.0 Å². The second kappa shape index (κ2) is 7.89. The van der Waals surface area contributed by atoms with Crippen molar-refractivity contribution in [2.24, 2.45) is 0 Å². The first-order chi connectivity index (χ1) is 12.1. The molecule has 3 rings (SSSR count). The molecule has 7 heteroatoms. The van der Waals surface area contributed by atoms with Crippen molar-refractivity contribution in [3.8, 4) is 5.75 Å². The van der Waals surface area contributed by atoms with Gasteiger partial charge in [-0.15, -0.1) is 0 Å². The zero-order valence-corrected chi connectivity index (χ0v) is 15.4. The van der Waals surface area contributed by atoms with E-state index in [-0.39, 0.29) is 5.02 Å². The highest BCUT2D eigenvalue weighted by molar-refractivity contribution is 7.80. The van der Waals surface area contributed by atoms with Gasteiger partial charge in [0, 0.05) is 43.6 Å². The molecule has 1 N–H and O–H groups in total. The Hall–Kier alpha value is -2.05. The average Bonchev–Trinajstić information content (AvgIpc) is 2.65. The number of methoxy groups -OCH3 is 1. The zero-order chi connectivity index (χ0) is 17.8. The monoisotopic (exact) mass is 379 g/mol. The predicted octanol–water partition coefficient (Wildman–Crippen LogP) is 4.01. The third-order valence-corrected chi connectivity index (χ3v) is 4.81. The molecule has 132 valence electrons. The summed E-state index contributed by atoms with van der Waals surface area (Å²) in [5.41, 5.74) is 1.83. The van der Waals surface area contributed by atoms with Crippen molar-refractivity contribution < 1.29 is 9.13 Å². The number of anilines is 2. The van der Waals surface area contributed by atoms with E-state index in [1.54, 1.807) is 13.2 Å². The van der Waals surface area contributed by atoms with Gasteiger partial charge in [0.2, 0.25) is 0 Å². The van der Waals surface area contributed by atoms with Crippen LogP contribution in [0, 0.1) is 5.82 Å². The van der Waals surface area contributed by atoms with E-state index in [0.717, 1.165) is 37.6 Å². The fourth-order valence-electron chi connectivity index (χ4n) is 2.75. The normalized spacial score (nSPS) is 14.4. The van der Waals surface area contributed by atoms with E-state index in [0.29, 0.717) is 10.8 Å². The molecule has 0 aromatic heterocycles. The van der Waals surface area contributed by atoms with Crippen LogP contribution in [0.15, 0.2) is 42.5 Å². The van der Waals surface area contributed by atoms with E-state index < -0.39 is 5.82 Å². The maximum Gasteiger partial charge on any atom is 0.173 e. The minimum absolute atomic E-state index is 0.0793. The lowest BCUT2D eigenvalue weighted by Gasteiger charge is -2.37. The summed E-state index contributed by atoms with van der Waals surface area (Å²) in [6.07, 6.45) is 0. The topological polar surface area (TPSA) is 27.7 Å². The second-order valence-electron chi connectivity index (χ2n) is 5.73. The van der Waals surface area contributed by atoms with Crippen LogP contribution >= 0.6 is 23.8 Å². The van der Waals surface area contributed by atoms with Crippen molar-refractivity contribution in [1.82, 2.24) is 4.90 Å². The predicted molar refractivity (Wildman–Crippen MR) is 104 cm³/mol. The maximum absolute atomic E-state index is 13.2. The summed E-state index contributed by atoms with van der Waals surface area (Å²) in [5.74, 6) is 0.412. The molecule has 1 saturated heterocycles. The molecular formula is C18H19ClFN3OS. The Balaban J connectivity index is 1.57. The first-order valence-electron chi connectivity index (χ1n) is 7.97. The number of piperazine rings is 1. The number of halogens is 2. The van der Waals surface area contributed by atoms with E-state index in [1.807, 2.05) is 18.2 Å². The Kier molecular flexibility index (Phi) is 5.60. The number of benzene rings is 2. The summed E-state index contributed by atoms with van der Waals surface area (Å²) in [7, 11) is 1.67. The molecule has 0 atom stereocenters. The molecule has 2 aromatic carbocycles. The molecule has 0 unspecified atom stereocenters. The molecule has 4 nitrogen and oxygen atoms in total. The van der Waals surface area contributed by atoms with Crippen molar-refractivity contribution in [2.75, 3.05) is 43.5 Å².